The van der Waals surface area contributed by atoms with Crippen molar-refractivity contribution >= 4 is 52.3 Å². The monoisotopic (exact) mass is 725 g/mol. The van der Waals surface area contributed by atoms with Crippen LogP contribution >= 0.6 is 0 Å². The van der Waals surface area contributed by atoms with E-state index in [0.717, 1.165) is 27.2 Å². The molecule has 0 fully saturated rings. The molecule has 2 N–H and O–H groups in total. The van der Waals surface area contributed by atoms with Gasteiger partial charge in [-0.2, -0.15) is 0 Å². The van der Waals surface area contributed by atoms with Gasteiger partial charge in [0.15, 0.2) is 11.6 Å². The molecule has 6 aromatic carbocycles. The lowest BCUT2D eigenvalue weighted by Gasteiger charge is -2.15. The van der Waals surface area contributed by atoms with E-state index in [0.29, 0.717) is 33.6 Å². The van der Waals surface area contributed by atoms with E-state index in [1.807, 2.05) is 52.0 Å². The van der Waals surface area contributed by atoms with Crippen LogP contribution in [0.2, 0.25) is 0 Å². The summed E-state index contributed by atoms with van der Waals surface area (Å²) in [5.41, 5.74) is 7.48. The average molecular weight is 726 g/mol. The first-order chi connectivity index (χ1) is 26.4. The summed E-state index contributed by atoms with van der Waals surface area (Å²) in [7, 11) is 0. The molecule has 270 valence electrons. The molecule has 0 saturated heterocycles. The second-order valence-corrected chi connectivity index (χ2v) is 13.6. The van der Waals surface area contributed by atoms with Gasteiger partial charge in [-0.05, 0) is 123 Å². The number of amides is 4. The van der Waals surface area contributed by atoms with Crippen LogP contribution in [0.15, 0.2) is 127 Å². The predicted molar refractivity (Wildman–Crippen MR) is 212 cm³/mol. The minimum absolute atomic E-state index is 0.0384. The third kappa shape index (κ3) is 7.23. The third-order valence-corrected chi connectivity index (χ3v) is 9.82. The first kappa shape index (κ1) is 36.1. The largest absolute Gasteiger partial charge is 0.322 e. The van der Waals surface area contributed by atoms with Crippen LogP contribution in [0.3, 0.4) is 0 Å². The lowest BCUT2D eigenvalue weighted by molar-refractivity contribution is 0.0922. The van der Waals surface area contributed by atoms with Gasteiger partial charge in [-0.3, -0.25) is 28.8 Å². The van der Waals surface area contributed by atoms with E-state index >= 15 is 0 Å². The second-order valence-electron chi connectivity index (χ2n) is 13.6. The van der Waals surface area contributed by atoms with Gasteiger partial charge in [-0.15, -0.1) is 0 Å². The highest BCUT2D eigenvalue weighted by atomic mass is 16.2. The van der Waals surface area contributed by atoms with Crippen LogP contribution in [0.25, 0.3) is 0 Å². The molecule has 0 spiro atoms. The molecular formula is C46H35N3O6. The summed E-state index contributed by atoms with van der Waals surface area (Å²) in [4.78, 5) is 81.2. The van der Waals surface area contributed by atoms with Gasteiger partial charge in [0.1, 0.15) is 0 Å². The fourth-order valence-corrected chi connectivity index (χ4v) is 6.38. The van der Waals surface area contributed by atoms with E-state index in [4.69, 9.17) is 0 Å². The van der Waals surface area contributed by atoms with Gasteiger partial charge in [0, 0.05) is 44.8 Å². The molecule has 0 saturated carbocycles. The van der Waals surface area contributed by atoms with Gasteiger partial charge in [-0.1, -0.05) is 54.6 Å². The van der Waals surface area contributed by atoms with Crippen LogP contribution in [-0.2, 0) is 0 Å². The van der Waals surface area contributed by atoms with Crippen LogP contribution in [0, 0.1) is 27.7 Å². The van der Waals surface area contributed by atoms with E-state index in [1.54, 1.807) is 78.9 Å². The standard InChI is InChI=1S/C46H35N3O6/c1-26-14-16-32(20-28(26)3)41(50)30-8-5-11-36(22-30)47-43(52)34-10-7-13-38(24-34)49-45(54)39-19-18-35(25-40(39)46(49)55)44(53)48-37-12-6-9-31(23-37)42(51)33-17-15-27(2)29(4)21-33/h5-25H,1-4H3,(H,47,52)(H,48,53). The molecule has 0 atom stereocenters. The smallest absolute Gasteiger partial charge is 0.266 e. The van der Waals surface area contributed by atoms with Crippen LogP contribution in [-0.4, -0.2) is 35.2 Å². The number of anilines is 3. The molecule has 9 nitrogen and oxygen atoms in total. The number of aryl methyl sites for hydroxylation is 4. The van der Waals surface area contributed by atoms with Crippen molar-refractivity contribution in [3.05, 3.63) is 194 Å². The molecule has 55 heavy (non-hydrogen) atoms. The average Bonchev–Trinajstić information content (AvgIpc) is 3.44. The Balaban J connectivity index is 1.05. The van der Waals surface area contributed by atoms with Gasteiger partial charge in [0.25, 0.3) is 23.6 Å². The van der Waals surface area contributed by atoms with Crippen LogP contribution in [0.1, 0.15) is 95.5 Å². The topological polar surface area (TPSA) is 130 Å². The van der Waals surface area contributed by atoms with Crippen molar-refractivity contribution < 1.29 is 28.8 Å². The molecule has 4 amide bonds. The number of ketones is 2. The fourth-order valence-electron chi connectivity index (χ4n) is 6.38. The SMILES string of the molecule is Cc1ccc(C(=O)c2cccc(NC(=O)c3cccc(N4C(=O)c5ccc(C(=O)Nc6cccc(C(=O)c7ccc(C)c(C)c7)c6)cc5C4=O)c3)c2)cc1C. The molecule has 1 aliphatic heterocycles. The van der Waals surface area contributed by atoms with Gasteiger partial charge in [0.05, 0.1) is 16.8 Å². The van der Waals surface area contributed by atoms with Gasteiger partial charge in [-0.25, -0.2) is 4.90 Å². The summed E-state index contributed by atoms with van der Waals surface area (Å²) < 4.78 is 0. The number of fused-ring (bicyclic) bond motifs is 1. The minimum Gasteiger partial charge on any atom is -0.322 e. The van der Waals surface area contributed by atoms with Crippen molar-refractivity contribution in [2.24, 2.45) is 0 Å². The number of carbonyl (C=O) groups excluding carboxylic acids is 6. The number of rotatable bonds is 9. The van der Waals surface area contributed by atoms with E-state index in [-0.39, 0.29) is 39.5 Å². The van der Waals surface area contributed by atoms with Crippen LogP contribution < -0.4 is 15.5 Å². The summed E-state index contributed by atoms with van der Waals surface area (Å²) in [6.45, 7) is 7.83. The zero-order chi connectivity index (χ0) is 39.0. The number of hydrogen-bond donors (Lipinski definition) is 2. The number of nitrogens with one attached hydrogen (secondary N) is 2. The third-order valence-electron chi connectivity index (χ3n) is 9.82. The Kier molecular flexibility index (Phi) is 9.61. The van der Waals surface area contributed by atoms with Crippen LogP contribution in [0.4, 0.5) is 17.1 Å². The maximum Gasteiger partial charge on any atom is 0.266 e. The van der Waals surface area contributed by atoms with E-state index < -0.39 is 23.6 Å². The number of carbonyl (C=O) groups is 6. The second kappa shape index (κ2) is 14.6. The Morgan fingerprint density at radius 2 is 0.855 bits per heavy atom. The molecule has 1 aliphatic rings. The summed E-state index contributed by atoms with van der Waals surface area (Å²) in [5.74, 6) is -2.65. The molecule has 0 aliphatic carbocycles. The maximum atomic E-state index is 13.7. The van der Waals surface area contributed by atoms with Gasteiger partial charge in [0.2, 0.25) is 0 Å². The molecule has 6 aromatic rings. The van der Waals surface area contributed by atoms with Crippen molar-refractivity contribution in [1.82, 2.24) is 0 Å². The fraction of sp³-hybridized carbons (Fsp3) is 0.0870. The van der Waals surface area contributed by atoms with E-state index in [9.17, 15) is 28.8 Å². The molecule has 0 aromatic heterocycles. The van der Waals surface area contributed by atoms with E-state index in [2.05, 4.69) is 10.6 Å². The molecule has 1 heterocycles. The highest BCUT2D eigenvalue weighted by Gasteiger charge is 2.37. The summed E-state index contributed by atoms with van der Waals surface area (Å²) in [6.07, 6.45) is 0. The van der Waals surface area contributed by atoms with Crippen molar-refractivity contribution in [3.63, 3.8) is 0 Å². The molecular weight excluding hydrogens is 691 g/mol. The van der Waals surface area contributed by atoms with Crippen LogP contribution in [0.5, 0.6) is 0 Å². The molecule has 0 radical (unpaired) electrons. The number of benzene rings is 6. The first-order valence-corrected chi connectivity index (χ1v) is 17.6. The number of imide groups is 1. The Morgan fingerprint density at radius 1 is 0.418 bits per heavy atom. The molecule has 9 heteroatoms. The summed E-state index contributed by atoms with van der Waals surface area (Å²) in [6, 6.07) is 34.5. The Bertz CT molecular complexity index is 2620. The van der Waals surface area contributed by atoms with Crippen molar-refractivity contribution in [3.8, 4) is 0 Å². The van der Waals surface area contributed by atoms with Crippen molar-refractivity contribution in [2.45, 2.75) is 27.7 Å². The molecule has 0 unspecified atom stereocenters. The van der Waals surface area contributed by atoms with Gasteiger partial charge < -0.3 is 10.6 Å². The lowest BCUT2D eigenvalue weighted by Crippen LogP contribution is -2.29. The maximum absolute atomic E-state index is 13.7. The normalized spacial score (nSPS) is 12.0. The Labute approximate surface area is 317 Å². The van der Waals surface area contributed by atoms with Crippen molar-refractivity contribution in [2.75, 3.05) is 15.5 Å². The quantitative estimate of drug-likeness (QED) is 0.113. The van der Waals surface area contributed by atoms with Gasteiger partial charge >= 0.3 is 0 Å². The highest BCUT2D eigenvalue weighted by Crippen LogP contribution is 2.30. The molecule has 7 rings (SSSR count). The number of hydrogen-bond acceptors (Lipinski definition) is 6. The highest BCUT2D eigenvalue weighted by molar-refractivity contribution is 6.35. The Morgan fingerprint density at radius 3 is 1.38 bits per heavy atom. The van der Waals surface area contributed by atoms with E-state index in [1.165, 1.54) is 24.3 Å². The minimum atomic E-state index is -0.647. The first-order valence-electron chi connectivity index (χ1n) is 17.6. The zero-order valence-corrected chi connectivity index (χ0v) is 30.5. The predicted octanol–water partition coefficient (Wildman–Crippen LogP) is 8.69. The van der Waals surface area contributed by atoms with Crippen molar-refractivity contribution in [1.29, 1.82) is 0 Å². The summed E-state index contributed by atoms with van der Waals surface area (Å²) in [5, 5.41) is 5.59. The number of nitrogens with zero attached hydrogens (tertiary/aromatic N) is 1. The molecule has 0 bridgehead atoms. The summed E-state index contributed by atoms with van der Waals surface area (Å²) >= 11 is 0. The Hall–Kier alpha value is -7.26. The zero-order valence-electron chi connectivity index (χ0n) is 30.5. The lowest BCUT2D eigenvalue weighted by atomic mass is 9.99.